The van der Waals surface area contributed by atoms with Crippen molar-refractivity contribution in [2.24, 2.45) is 0 Å². The van der Waals surface area contributed by atoms with Crippen molar-refractivity contribution in [2.45, 2.75) is 24.5 Å². The molecule has 0 radical (unpaired) electrons. The van der Waals surface area contributed by atoms with Crippen LogP contribution in [0.5, 0.6) is 0 Å². The number of aliphatic hydroxyl groups excluding tert-OH is 3. The summed E-state index contributed by atoms with van der Waals surface area (Å²) < 4.78 is 7.99. The summed E-state index contributed by atoms with van der Waals surface area (Å²) in [6.07, 6.45) is -1.33. The quantitative estimate of drug-likeness (QED) is 0.490. The Morgan fingerprint density at radius 2 is 2.04 bits per heavy atom. The Morgan fingerprint density at radius 3 is 2.77 bits per heavy atom. The molecule has 4 atom stereocenters. The van der Waals surface area contributed by atoms with Gasteiger partial charge in [-0.1, -0.05) is 22.0 Å². The van der Waals surface area contributed by atoms with Crippen LogP contribution in [0.3, 0.4) is 0 Å². The maximum atomic E-state index is 10.2. The Labute approximate surface area is 156 Å². The van der Waals surface area contributed by atoms with Gasteiger partial charge in [-0.15, -0.1) is 0 Å². The molecular weight excluding hydrogens is 406 g/mol. The SMILES string of the molecule is OC[C@H]1O[C@@H](n2cnc3c(Nc4cccc(Br)c4)ncnc32)[C@H](O)[C@@H]1O. The molecule has 4 N–H and O–H groups in total. The molecule has 9 nitrogen and oxygen atoms in total. The highest BCUT2D eigenvalue weighted by molar-refractivity contribution is 9.10. The van der Waals surface area contributed by atoms with Crippen molar-refractivity contribution in [1.82, 2.24) is 19.5 Å². The van der Waals surface area contributed by atoms with Gasteiger partial charge in [-0.2, -0.15) is 0 Å². The van der Waals surface area contributed by atoms with Crippen molar-refractivity contribution < 1.29 is 20.1 Å². The number of nitrogens with zero attached hydrogens (tertiary/aromatic N) is 4. The lowest BCUT2D eigenvalue weighted by atomic mass is 10.1. The highest BCUT2D eigenvalue weighted by Crippen LogP contribution is 2.32. The summed E-state index contributed by atoms with van der Waals surface area (Å²) in [5.41, 5.74) is 1.75. The third kappa shape index (κ3) is 2.95. The first-order valence-electron chi connectivity index (χ1n) is 7.91. The Balaban J connectivity index is 1.69. The molecule has 1 aliphatic rings. The number of halogens is 1. The van der Waals surface area contributed by atoms with Gasteiger partial charge in [-0.3, -0.25) is 4.57 Å². The van der Waals surface area contributed by atoms with E-state index in [4.69, 9.17) is 4.74 Å². The zero-order valence-electron chi connectivity index (χ0n) is 13.4. The first-order valence-corrected chi connectivity index (χ1v) is 8.70. The summed E-state index contributed by atoms with van der Waals surface area (Å²) in [7, 11) is 0. The summed E-state index contributed by atoms with van der Waals surface area (Å²) >= 11 is 3.42. The highest BCUT2D eigenvalue weighted by Gasteiger charge is 2.44. The third-order valence-electron chi connectivity index (χ3n) is 4.24. The average Bonchev–Trinajstić information content (AvgIpc) is 3.18. The van der Waals surface area contributed by atoms with Gasteiger partial charge in [0, 0.05) is 10.2 Å². The fourth-order valence-electron chi connectivity index (χ4n) is 2.94. The lowest BCUT2D eigenvalue weighted by molar-refractivity contribution is -0.0511. The second kappa shape index (κ2) is 6.89. The van der Waals surface area contributed by atoms with Crippen LogP contribution >= 0.6 is 15.9 Å². The second-order valence-corrected chi connectivity index (χ2v) is 6.83. The molecule has 4 rings (SSSR count). The van der Waals surface area contributed by atoms with Crippen molar-refractivity contribution in [3.63, 3.8) is 0 Å². The van der Waals surface area contributed by atoms with E-state index < -0.39 is 31.1 Å². The van der Waals surface area contributed by atoms with E-state index in [2.05, 4.69) is 36.2 Å². The van der Waals surface area contributed by atoms with Crippen LogP contribution in [-0.2, 0) is 4.74 Å². The minimum Gasteiger partial charge on any atom is -0.394 e. The van der Waals surface area contributed by atoms with Crippen molar-refractivity contribution in [1.29, 1.82) is 0 Å². The zero-order chi connectivity index (χ0) is 18.3. The Kier molecular flexibility index (Phi) is 4.59. The first kappa shape index (κ1) is 17.3. The summed E-state index contributed by atoms with van der Waals surface area (Å²) in [6, 6.07) is 7.60. The van der Waals surface area contributed by atoms with Gasteiger partial charge in [0.2, 0.25) is 0 Å². The van der Waals surface area contributed by atoms with E-state index in [0.29, 0.717) is 17.0 Å². The van der Waals surface area contributed by atoms with Gasteiger partial charge in [-0.05, 0) is 18.2 Å². The molecule has 3 heterocycles. The summed E-state index contributed by atoms with van der Waals surface area (Å²) in [4.78, 5) is 12.8. The minimum atomic E-state index is -1.21. The molecule has 136 valence electrons. The molecule has 3 aromatic rings. The predicted octanol–water partition coefficient (Wildman–Crippen LogP) is 0.944. The van der Waals surface area contributed by atoms with Gasteiger partial charge < -0.3 is 25.4 Å². The van der Waals surface area contributed by atoms with Crippen LogP contribution in [-0.4, -0.2) is 59.8 Å². The van der Waals surface area contributed by atoms with Crippen LogP contribution in [0.2, 0.25) is 0 Å². The number of aromatic nitrogens is 4. The number of aliphatic hydroxyl groups is 3. The number of benzene rings is 1. The second-order valence-electron chi connectivity index (χ2n) is 5.91. The number of imidazole rings is 1. The Morgan fingerprint density at radius 1 is 1.19 bits per heavy atom. The molecule has 0 amide bonds. The zero-order valence-corrected chi connectivity index (χ0v) is 15.0. The number of nitrogens with one attached hydrogen (secondary N) is 1. The average molecular weight is 422 g/mol. The minimum absolute atomic E-state index is 0.397. The number of ether oxygens (including phenoxy) is 1. The Hall–Kier alpha value is -2.11. The van der Waals surface area contributed by atoms with Crippen molar-refractivity contribution >= 4 is 38.6 Å². The maximum Gasteiger partial charge on any atom is 0.167 e. The lowest BCUT2D eigenvalue weighted by Crippen LogP contribution is -2.33. The topological polar surface area (TPSA) is 126 Å². The van der Waals surface area contributed by atoms with Crippen molar-refractivity contribution in [3.8, 4) is 0 Å². The molecule has 0 spiro atoms. The highest BCUT2D eigenvalue weighted by atomic mass is 79.9. The molecule has 26 heavy (non-hydrogen) atoms. The molecular formula is C16H16BrN5O4. The predicted molar refractivity (Wildman–Crippen MR) is 95.8 cm³/mol. The van der Waals surface area contributed by atoms with Crippen LogP contribution in [0.15, 0.2) is 41.4 Å². The van der Waals surface area contributed by atoms with E-state index >= 15 is 0 Å². The van der Waals surface area contributed by atoms with Crippen molar-refractivity contribution in [3.05, 3.63) is 41.4 Å². The van der Waals surface area contributed by atoms with Crippen molar-refractivity contribution in [2.75, 3.05) is 11.9 Å². The van der Waals surface area contributed by atoms with Crippen LogP contribution in [0.4, 0.5) is 11.5 Å². The lowest BCUT2D eigenvalue weighted by Gasteiger charge is -2.16. The van der Waals surface area contributed by atoms with Gasteiger partial charge >= 0.3 is 0 Å². The van der Waals surface area contributed by atoms with Gasteiger partial charge in [0.05, 0.1) is 12.9 Å². The molecule has 1 fully saturated rings. The molecule has 1 aromatic carbocycles. The summed E-state index contributed by atoms with van der Waals surface area (Å²) in [6.45, 7) is -0.397. The molecule has 0 aliphatic carbocycles. The summed E-state index contributed by atoms with van der Waals surface area (Å²) in [5.74, 6) is 0.499. The normalized spacial score (nSPS) is 25.7. The van der Waals surface area contributed by atoms with E-state index in [9.17, 15) is 15.3 Å². The maximum absolute atomic E-state index is 10.2. The first-order chi connectivity index (χ1) is 12.6. The monoisotopic (exact) mass is 421 g/mol. The fraction of sp³-hybridized carbons (Fsp3) is 0.312. The van der Waals surface area contributed by atoms with Gasteiger partial charge in [0.25, 0.3) is 0 Å². The molecule has 1 saturated heterocycles. The third-order valence-corrected chi connectivity index (χ3v) is 4.73. The van der Waals surface area contributed by atoms with Crippen LogP contribution in [0, 0.1) is 0 Å². The van der Waals surface area contributed by atoms with E-state index in [1.165, 1.54) is 17.2 Å². The molecule has 0 bridgehead atoms. The van der Waals surface area contributed by atoms with E-state index in [-0.39, 0.29) is 0 Å². The molecule has 1 aliphatic heterocycles. The van der Waals surface area contributed by atoms with E-state index in [0.717, 1.165) is 10.2 Å². The largest absolute Gasteiger partial charge is 0.394 e. The van der Waals surface area contributed by atoms with E-state index in [1.807, 2.05) is 24.3 Å². The van der Waals surface area contributed by atoms with Crippen LogP contribution in [0.25, 0.3) is 11.2 Å². The fourth-order valence-corrected chi connectivity index (χ4v) is 3.34. The smallest absolute Gasteiger partial charge is 0.167 e. The standard InChI is InChI=1S/C16H16BrN5O4/c17-8-2-1-3-9(4-8)21-14-11-15(19-6-18-14)22(7-20-11)16-13(25)12(24)10(5-23)26-16/h1-4,6-7,10,12-13,16,23-25H,5H2,(H,18,19,21)/t10-,12-,13-,16-/m1/s1. The van der Waals surface area contributed by atoms with E-state index in [1.54, 1.807) is 0 Å². The molecule has 10 heteroatoms. The molecule has 0 unspecified atom stereocenters. The van der Waals surface area contributed by atoms with Crippen LogP contribution in [0.1, 0.15) is 6.23 Å². The number of rotatable bonds is 4. The number of fused-ring (bicyclic) bond motifs is 1. The number of hydrogen-bond donors (Lipinski definition) is 4. The van der Waals surface area contributed by atoms with Gasteiger partial charge in [-0.25, -0.2) is 15.0 Å². The molecule has 2 aromatic heterocycles. The number of anilines is 2. The van der Waals surface area contributed by atoms with Gasteiger partial charge in [0.15, 0.2) is 23.2 Å². The Bertz CT molecular complexity index is 936. The van der Waals surface area contributed by atoms with Crippen LogP contribution < -0.4 is 5.32 Å². The van der Waals surface area contributed by atoms with Gasteiger partial charge in [0.1, 0.15) is 24.6 Å². The number of hydrogen-bond acceptors (Lipinski definition) is 8. The molecule has 0 saturated carbocycles. The summed E-state index contributed by atoms with van der Waals surface area (Å²) in [5, 5.41) is 32.6.